The molecule has 0 atom stereocenters. The number of carbonyl (C=O) groups excluding carboxylic acids is 1. The maximum Gasteiger partial charge on any atom is 0.253 e. The van der Waals surface area contributed by atoms with E-state index in [4.69, 9.17) is 16.7 Å². The van der Waals surface area contributed by atoms with Crippen molar-refractivity contribution >= 4 is 55.8 Å². The van der Waals surface area contributed by atoms with Crippen molar-refractivity contribution in [2.75, 3.05) is 18.5 Å². The Kier molecular flexibility index (Phi) is 7.88. The number of halogens is 3. The third-order valence-electron chi connectivity index (χ3n) is 6.09. The van der Waals surface area contributed by atoms with E-state index in [9.17, 15) is 4.79 Å². The van der Waals surface area contributed by atoms with Gasteiger partial charge in [0.05, 0.1) is 33.8 Å². The smallest absolute Gasteiger partial charge is 0.253 e. The zero-order valence-electron chi connectivity index (χ0n) is 18.2. The molecule has 3 aromatic rings. The topological polar surface area (TPSA) is 79.2 Å². The fourth-order valence-corrected chi connectivity index (χ4v) is 5.07. The number of anilines is 2. The molecule has 0 unspecified atom stereocenters. The lowest BCUT2D eigenvalue weighted by atomic mass is 9.89. The molecule has 0 radical (unpaired) electrons. The highest BCUT2D eigenvalue weighted by molar-refractivity contribution is 9.10. The molecule has 0 aliphatic heterocycles. The molecule has 0 spiro atoms. The molecule has 3 N–H and O–H groups in total. The quantitative estimate of drug-likeness (QED) is 0.307. The first-order chi connectivity index (χ1) is 16.0. The normalized spacial score (nSPS) is 14.5. The van der Waals surface area contributed by atoms with E-state index < -0.39 is 11.7 Å². The summed E-state index contributed by atoms with van der Waals surface area (Å²) in [7, 11) is 0. The molecule has 6 nitrogen and oxygen atoms in total. The summed E-state index contributed by atoms with van der Waals surface area (Å²) < 4.78 is 18.5. The number of hydrogen-bond donors (Lipinski definition) is 3. The van der Waals surface area contributed by atoms with Crippen molar-refractivity contribution in [1.29, 1.82) is 0 Å². The number of rotatable bonds is 8. The maximum absolute atomic E-state index is 15.8. The average molecular weight is 538 g/mol. The molecule has 0 bridgehead atoms. The van der Waals surface area contributed by atoms with Crippen molar-refractivity contribution in [3.05, 3.63) is 51.5 Å². The Labute approximate surface area is 205 Å². The number of amides is 1. The summed E-state index contributed by atoms with van der Waals surface area (Å²) in [4.78, 5) is 17.4. The van der Waals surface area contributed by atoms with Gasteiger partial charge in [0, 0.05) is 24.2 Å². The monoisotopic (exact) mass is 536 g/mol. The largest absolute Gasteiger partial charge is 0.396 e. The van der Waals surface area contributed by atoms with Crippen LogP contribution >= 0.6 is 27.5 Å². The molecule has 1 saturated carbocycles. The highest BCUT2D eigenvalue weighted by atomic mass is 79.9. The molecule has 33 heavy (non-hydrogen) atoms. The van der Waals surface area contributed by atoms with Crippen LogP contribution in [0, 0.1) is 11.7 Å². The molecule has 176 valence electrons. The van der Waals surface area contributed by atoms with Crippen LogP contribution in [0.5, 0.6) is 0 Å². The lowest BCUT2D eigenvalue weighted by Crippen LogP contribution is -2.26. The van der Waals surface area contributed by atoms with E-state index in [0.717, 1.165) is 23.9 Å². The van der Waals surface area contributed by atoms with E-state index in [0.29, 0.717) is 28.6 Å². The number of fused-ring (bicyclic) bond motifs is 1. The third-order valence-corrected chi connectivity index (χ3v) is 6.90. The zero-order chi connectivity index (χ0) is 23.4. The van der Waals surface area contributed by atoms with Gasteiger partial charge in [-0.2, -0.15) is 0 Å². The van der Waals surface area contributed by atoms with Gasteiger partial charge in [-0.05, 0) is 49.4 Å². The molecule has 4 rings (SSSR count). The number of nitrogens with zero attached hydrogens (tertiary/aromatic N) is 2. The van der Waals surface area contributed by atoms with Crippen molar-refractivity contribution < 1.29 is 14.3 Å². The van der Waals surface area contributed by atoms with Crippen molar-refractivity contribution in [3.8, 4) is 0 Å². The lowest BCUT2D eigenvalue weighted by Gasteiger charge is -2.22. The standard InChI is InChI=1S/C24H27BrClFN4O2/c25-16-7-8-19(18(26)11-16)30-22-17(24(33)28-9-4-10-32)12-20-23(21(22)27)29-14-31(20)13-15-5-2-1-3-6-15/h7-8,11-12,14-15,30,32H,1-6,9-10,13H2,(H,28,33). The Hall–Kier alpha value is -2.16. The second-order valence-corrected chi connectivity index (χ2v) is 9.79. The van der Waals surface area contributed by atoms with Gasteiger partial charge in [-0.25, -0.2) is 9.37 Å². The molecule has 1 aliphatic carbocycles. The van der Waals surface area contributed by atoms with E-state index in [1.54, 1.807) is 30.6 Å². The van der Waals surface area contributed by atoms with Gasteiger partial charge in [-0.15, -0.1) is 0 Å². The van der Waals surface area contributed by atoms with Crippen LogP contribution in [-0.4, -0.2) is 33.7 Å². The maximum atomic E-state index is 15.8. The number of carbonyl (C=O) groups is 1. The van der Waals surface area contributed by atoms with Gasteiger partial charge in [-0.3, -0.25) is 4.79 Å². The van der Waals surface area contributed by atoms with Crippen molar-refractivity contribution in [2.24, 2.45) is 5.92 Å². The van der Waals surface area contributed by atoms with E-state index >= 15 is 4.39 Å². The second-order valence-electron chi connectivity index (χ2n) is 8.46. The predicted molar refractivity (Wildman–Crippen MR) is 133 cm³/mol. The molecule has 1 fully saturated rings. The van der Waals surface area contributed by atoms with E-state index in [-0.39, 0.29) is 29.9 Å². The van der Waals surface area contributed by atoms with E-state index in [1.165, 1.54) is 19.3 Å². The zero-order valence-corrected chi connectivity index (χ0v) is 20.6. The predicted octanol–water partition coefficient (Wildman–Crippen LogP) is 6.03. The minimum Gasteiger partial charge on any atom is -0.396 e. The van der Waals surface area contributed by atoms with Crippen LogP contribution in [0.25, 0.3) is 11.0 Å². The van der Waals surface area contributed by atoms with Gasteiger partial charge in [0.1, 0.15) is 5.52 Å². The molecule has 1 aromatic heterocycles. The first kappa shape index (κ1) is 24.0. The Morgan fingerprint density at radius 3 is 2.79 bits per heavy atom. The van der Waals surface area contributed by atoms with Gasteiger partial charge in [0.2, 0.25) is 0 Å². The van der Waals surface area contributed by atoms with Crippen LogP contribution in [0.2, 0.25) is 5.02 Å². The van der Waals surface area contributed by atoms with Gasteiger partial charge < -0.3 is 20.3 Å². The number of imidazole rings is 1. The van der Waals surface area contributed by atoms with E-state index in [1.807, 2.05) is 4.57 Å². The van der Waals surface area contributed by atoms with Gasteiger partial charge >= 0.3 is 0 Å². The molecule has 1 aliphatic rings. The lowest BCUT2D eigenvalue weighted by molar-refractivity contribution is 0.0951. The minimum atomic E-state index is -0.596. The molecule has 9 heteroatoms. The third kappa shape index (κ3) is 5.50. The Balaban J connectivity index is 1.74. The number of aliphatic hydroxyl groups is 1. The number of nitrogens with one attached hydrogen (secondary N) is 2. The summed E-state index contributed by atoms with van der Waals surface area (Å²) in [6.07, 6.45) is 8.07. The van der Waals surface area contributed by atoms with Crippen molar-refractivity contribution in [3.63, 3.8) is 0 Å². The van der Waals surface area contributed by atoms with Crippen LogP contribution in [0.3, 0.4) is 0 Å². The average Bonchev–Trinajstić information content (AvgIpc) is 3.20. The number of hydrogen-bond acceptors (Lipinski definition) is 4. The summed E-state index contributed by atoms with van der Waals surface area (Å²) in [5, 5.41) is 15.2. The summed E-state index contributed by atoms with van der Waals surface area (Å²) in [5.41, 5.74) is 1.48. The Morgan fingerprint density at radius 1 is 1.27 bits per heavy atom. The molecule has 0 saturated heterocycles. The first-order valence-electron chi connectivity index (χ1n) is 11.3. The van der Waals surface area contributed by atoms with Gasteiger partial charge in [-0.1, -0.05) is 46.8 Å². The highest BCUT2D eigenvalue weighted by Gasteiger charge is 2.23. The van der Waals surface area contributed by atoms with Crippen LogP contribution < -0.4 is 10.6 Å². The van der Waals surface area contributed by atoms with Crippen molar-refractivity contribution in [2.45, 2.75) is 45.1 Å². The SMILES string of the molecule is O=C(NCCCO)c1cc2c(ncn2CC2CCCCC2)c(F)c1Nc1ccc(Br)cc1Cl. The summed E-state index contributed by atoms with van der Waals surface area (Å²) >= 11 is 9.70. The fourth-order valence-electron chi connectivity index (χ4n) is 4.35. The second kappa shape index (κ2) is 10.8. The highest BCUT2D eigenvalue weighted by Crippen LogP contribution is 2.35. The molecular formula is C24H27BrClFN4O2. The van der Waals surface area contributed by atoms with E-state index in [2.05, 4.69) is 31.5 Å². The fraction of sp³-hybridized carbons (Fsp3) is 0.417. The van der Waals surface area contributed by atoms with Crippen LogP contribution in [0.4, 0.5) is 15.8 Å². The Bertz CT molecular complexity index is 1150. The Morgan fingerprint density at radius 2 is 2.06 bits per heavy atom. The molecule has 2 aromatic carbocycles. The number of benzene rings is 2. The van der Waals surface area contributed by atoms with Gasteiger partial charge in [0.15, 0.2) is 5.82 Å². The number of aliphatic hydroxyl groups excluding tert-OH is 1. The summed E-state index contributed by atoms with van der Waals surface area (Å²) in [5.74, 6) is -0.494. The molecular weight excluding hydrogens is 511 g/mol. The van der Waals surface area contributed by atoms with Crippen LogP contribution in [-0.2, 0) is 6.54 Å². The molecule has 1 amide bonds. The first-order valence-corrected chi connectivity index (χ1v) is 12.4. The molecule has 1 heterocycles. The summed E-state index contributed by atoms with van der Waals surface area (Å²) in [6, 6.07) is 6.88. The number of aromatic nitrogens is 2. The summed E-state index contributed by atoms with van der Waals surface area (Å²) in [6.45, 7) is 1.00. The van der Waals surface area contributed by atoms with Crippen LogP contribution in [0.15, 0.2) is 35.1 Å². The van der Waals surface area contributed by atoms with Crippen molar-refractivity contribution in [1.82, 2.24) is 14.9 Å². The van der Waals surface area contributed by atoms with Crippen LogP contribution in [0.1, 0.15) is 48.9 Å². The minimum absolute atomic E-state index is 0.0242. The van der Waals surface area contributed by atoms with Gasteiger partial charge in [0.25, 0.3) is 5.91 Å².